The molecule has 0 atom stereocenters. The van der Waals surface area contributed by atoms with Crippen molar-refractivity contribution in [2.45, 2.75) is 129 Å². The Balaban J connectivity index is 4.45. The molecule has 24 heavy (non-hydrogen) atoms. The van der Waals surface area contributed by atoms with Gasteiger partial charge >= 0.3 is 7.60 Å². The predicted molar refractivity (Wildman–Crippen MR) is 106 cm³/mol. The predicted octanol–water partition coefficient (Wildman–Crippen LogP) is 7.20. The Morgan fingerprint density at radius 1 is 0.583 bits per heavy atom. The lowest BCUT2D eigenvalue weighted by atomic mass is 9.89. The van der Waals surface area contributed by atoms with Gasteiger partial charge in [0.05, 0.1) is 5.16 Å². The van der Waals surface area contributed by atoms with Crippen LogP contribution in [0.4, 0.5) is 0 Å². The van der Waals surface area contributed by atoms with Gasteiger partial charge < -0.3 is 9.79 Å². The second kappa shape index (κ2) is 14.3. The summed E-state index contributed by atoms with van der Waals surface area (Å²) in [6, 6.07) is 0. The Kier molecular flexibility index (Phi) is 14.4. The lowest BCUT2D eigenvalue weighted by Gasteiger charge is -2.34. The van der Waals surface area contributed by atoms with E-state index in [0.717, 1.165) is 32.1 Å². The topological polar surface area (TPSA) is 57.5 Å². The van der Waals surface area contributed by atoms with Crippen molar-refractivity contribution in [3.63, 3.8) is 0 Å². The van der Waals surface area contributed by atoms with E-state index in [-0.39, 0.29) is 0 Å². The summed E-state index contributed by atoms with van der Waals surface area (Å²) in [5.74, 6) is 0. The highest BCUT2D eigenvalue weighted by molar-refractivity contribution is 7.53. The zero-order chi connectivity index (χ0) is 18.3. The summed E-state index contributed by atoms with van der Waals surface area (Å²) in [4.78, 5) is 20.1. The highest BCUT2D eigenvalue weighted by Gasteiger charge is 2.44. The van der Waals surface area contributed by atoms with Gasteiger partial charge in [-0.1, -0.05) is 104 Å². The van der Waals surface area contributed by atoms with Crippen molar-refractivity contribution in [2.24, 2.45) is 0 Å². The zero-order valence-electron chi connectivity index (χ0n) is 16.6. The quantitative estimate of drug-likeness (QED) is 0.212. The molecule has 0 bridgehead atoms. The van der Waals surface area contributed by atoms with E-state index in [2.05, 4.69) is 13.8 Å². The number of unbranched alkanes of at least 4 members (excludes halogenated alkanes) is 10. The molecule has 146 valence electrons. The minimum Gasteiger partial charge on any atom is -0.324 e. The highest BCUT2D eigenvalue weighted by atomic mass is 31.2. The second-order valence-corrected chi connectivity index (χ2v) is 9.59. The van der Waals surface area contributed by atoms with E-state index < -0.39 is 12.8 Å². The van der Waals surface area contributed by atoms with Crippen LogP contribution in [0.15, 0.2) is 0 Å². The van der Waals surface area contributed by atoms with Crippen molar-refractivity contribution in [3.05, 3.63) is 0 Å². The van der Waals surface area contributed by atoms with Crippen LogP contribution < -0.4 is 0 Å². The molecule has 0 saturated carbocycles. The van der Waals surface area contributed by atoms with Crippen LogP contribution in [0.1, 0.15) is 124 Å². The third-order valence-electron chi connectivity index (χ3n) is 5.32. The first-order valence-corrected chi connectivity index (χ1v) is 12.1. The Bertz CT molecular complexity index is 309. The molecule has 0 aromatic carbocycles. The van der Waals surface area contributed by atoms with Gasteiger partial charge in [-0.2, -0.15) is 0 Å². The first kappa shape index (κ1) is 24.1. The Morgan fingerprint density at radius 3 is 1.29 bits per heavy atom. The Labute approximate surface area is 151 Å². The van der Waals surface area contributed by atoms with Gasteiger partial charge in [-0.05, 0) is 19.3 Å². The van der Waals surface area contributed by atoms with Gasteiger partial charge in [0.2, 0.25) is 0 Å². The molecule has 0 rings (SSSR count). The van der Waals surface area contributed by atoms with E-state index >= 15 is 0 Å². The Hall–Kier alpha value is 0.150. The van der Waals surface area contributed by atoms with Crippen LogP contribution in [0.25, 0.3) is 0 Å². The van der Waals surface area contributed by atoms with Crippen molar-refractivity contribution in [2.75, 3.05) is 0 Å². The van der Waals surface area contributed by atoms with Gasteiger partial charge in [-0.3, -0.25) is 4.57 Å². The standard InChI is InChI=1S/C20H43O3P/c1-4-7-9-11-13-15-18-20(17-6-3,24(21,22)23)19-16-14-12-10-8-5-2/h4-19H2,1-3H3,(H2,21,22,23). The molecule has 3 nitrogen and oxygen atoms in total. The summed E-state index contributed by atoms with van der Waals surface area (Å²) >= 11 is 0. The van der Waals surface area contributed by atoms with E-state index in [4.69, 9.17) is 0 Å². The molecule has 0 aromatic heterocycles. The molecule has 0 unspecified atom stereocenters. The van der Waals surface area contributed by atoms with E-state index in [1.165, 1.54) is 51.4 Å². The Morgan fingerprint density at radius 2 is 0.958 bits per heavy atom. The molecule has 0 aliphatic carbocycles. The maximum atomic E-state index is 12.3. The zero-order valence-corrected chi connectivity index (χ0v) is 17.5. The number of hydrogen-bond acceptors (Lipinski definition) is 1. The average Bonchev–Trinajstić information content (AvgIpc) is 2.52. The van der Waals surface area contributed by atoms with Gasteiger partial charge in [0.25, 0.3) is 0 Å². The minimum absolute atomic E-state index is 0.668. The van der Waals surface area contributed by atoms with Crippen molar-refractivity contribution in [1.82, 2.24) is 0 Å². The van der Waals surface area contributed by atoms with Gasteiger partial charge in [0.1, 0.15) is 0 Å². The molecule has 2 N–H and O–H groups in total. The molecular weight excluding hydrogens is 319 g/mol. The third kappa shape index (κ3) is 10.2. The molecule has 0 fully saturated rings. The monoisotopic (exact) mass is 362 g/mol. The molecular formula is C20H43O3P. The van der Waals surface area contributed by atoms with Crippen molar-refractivity contribution >= 4 is 7.60 Å². The first-order valence-electron chi connectivity index (χ1n) is 10.5. The summed E-state index contributed by atoms with van der Waals surface area (Å²) in [5.41, 5.74) is 0. The normalized spacial score (nSPS) is 12.7. The van der Waals surface area contributed by atoms with E-state index in [1.807, 2.05) is 6.92 Å². The van der Waals surface area contributed by atoms with Gasteiger partial charge in [-0.15, -0.1) is 0 Å². The largest absolute Gasteiger partial charge is 0.331 e. The minimum atomic E-state index is -4.05. The van der Waals surface area contributed by atoms with Crippen LogP contribution in [0.2, 0.25) is 0 Å². The van der Waals surface area contributed by atoms with Crippen molar-refractivity contribution < 1.29 is 14.4 Å². The van der Waals surface area contributed by atoms with Crippen LogP contribution in [0, 0.1) is 0 Å². The summed E-state index contributed by atoms with van der Waals surface area (Å²) in [5, 5.41) is -0.753. The summed E-state index contributed by atoms with van der Waals surface area (Å²) in [6.45, 7) is 6.47. The average molecular weight is 363 g/mol. The van der Waals surface area contributed by atoms with Gasteiger partial charge in [-0.25, -0.2) is 0 Å². The molecule has 0 spiro atoms. The highest BCUT2D eigenvalue weighted by Crippen LogP contribution is 2.58. The molecule has 0 aliphatic rings. The maximum Gasteiger partial charge on any atom is 0.331 e. The lowest BCUT2D eigenvalue weighted by Crippen LogP contribution is -2.29. The van der Waals surface area contributed by atoms with Crippen LogP contribution in [-0.4, -0.2) is 14.9 Å². The van der Waals surface area contributed by atoms with Crippen molar-refractivity contribution in [1.29, 1.82) is 0 Å². The fourth-order valence-electron chi connectivity index (χ4n) is 3.75. The van der Waals surface area contributed by atoms with Gasteiger partial charge in [0.15, 0.2) is 0 Å². The SMILES string of the molecule is CCCCCCCCC(CCC)(CCCCCCCC)P(=O)(O)O. The van der Waals surface area contributed by atoms with Crippen LogP contribution >= 0.6 is 7.60 Å². The van der Waals surface area contributed by atoms with Gasteiger partial charge in [0, 0.05) is 0 Å². The fraction of sp³-hybridized carbons (Fsp3) is 1.00. The van der Waals surface area contributed by atoms with E-state index in [1.54, 1.807) is 0 Å². The molecule has 0 radical (unpaired) electrons. The number of rotatable bonds is 17. The summed E-state index contributed by atoms with van der Waals surface area (Å²) < 4.78 is 12.3. The molecule has 0 amide bonds. The second-order valence-electron chi connectivity index (χ2n) is 7.55. The third-order valence-corrected chi connectivity index (χ3v) is 7.23. The van der Waals surface area contributed by atoms with Crippen LogP contribution in [-0.2, 0) is 4.57 Å². The molecule has 0 aromatic rings. The smallest absolute Gasteiger partial charge is 0.324 e. The maximum absolute atomic E-state index is 12.3. The summed E-state index contributed by atoms with van der Waals surface area (Å²) in [6.07, 6.45) is 17.0. The van der Waals surface area contributed by atoms with E-state index in [0.29, 0.717) is 19.3 Å². The molecule has 0 aliphatic heterocycles. The first-order chi connectivity index (χ1) is 11.4. The molecule has 0 saturated heterocycles. The summed E-state index contributed by atoms with van der Waals surface area (Å²) in [7, 11) is -4.05. The van der Waals surface area contributed by atoms with Crippen LogP contribution in [0.3, 0.4) is 0 Å². The lowest BCUT2D eigenvalue weighted by molar-refractivity contribution is 0.284. The van der Waals surface area contributed by atoms with E-state index in [9.17, 15) is 14.4 Å². The van der Waals surface area contributed by atoms with Crippen molar-refractivity contribution in [3.8, 4) is 0 Å². The molecule has 0 heterocycles. The molecule has 4 heteroatoms. The fourth-order valence-corrected chi connectivity index (χ4v) is 5.16. The van der Waals surface area contributed by atoms with Crippen LogP contribution in [0.5, 0.6) is 0 Å². The number of hydrogen-bond donors (Lipinski definition) is 2.